The molecule has 2 aliphatic rings. The van der Waals surface area contributed by atoms with Gasteiger partial charge >= 0.3 is 0 Å². The van der Waals surface area contributed by atoms with Gasteiger partial charge < -0.3 is 15.7 Å². The van der Waals surface area contributed by atoms with Crippen molar-refractivity contribution in [2.75, 3.05) is 13.2 Å². The number of nitrogens with one attached hydrogen (secondary N) is 2. The van der Waals surface area contributed by atoms with Crippen LogP contribution < -0.4 is 10.6 Å². The molecule has 86 valence electrons. The summed E-state index contributed by atoms with van der Waals surface area (Å²) in [6.45, 7) is 0.993. The summed E-state index contributed by atoms with van der Waals surface area (Å²) in [5.41, 5.74) is 0. The fourth-order valence-electron chi connectivity index (χ4n) is 2.92. The first kappa shape index (κ1) is 11.1. The Morgan fingerprint density at radius 3 is 2.80 bits per heavy atom. The van der Waals surface area contributed by atoms with Crippen LogP contribution in [-0.2, 0) is 0 Å². The number of hydrogen-bond acceptors (Lipinski definition) is 2. The van der Waals surface area contributed by atoms with Gasteiger partial charge in [-0.1, -0.05) is 6.42 Å². The Labute approximate surface area is 96.6 Å². The van der Waals surface area contributed by atoms with Gasteiger partial charge in [0, 0.05) is 19.2 Å². The van der Waals surface area contributed by atoms with Crippen molar-refractivity contribution >= 4 is 17.3 Å². The third-order valence-corrected chi connectivity index (χ3v) is 3.94. The molecule has 15 heavy (non-hydrogen) atoms. The predicted molar refractivity (Wildman–Crippen MR) is 64.7 cm³/mol. The number of hydrogen-bond donors (Lipinski definition) is 3. The van der Waals surface area contributed by atoms with E-state index in [4.69, 9.17) is 17.3 Å². The number of aliphatic hydroxyl groups excluding tert-OH is 1. The molecule has 0 spiro atoms. The van der Waals surface area contributed by atoms with E-state index >= 15 is 0 Å². The monoisotopic (exact) mass is 228 g/mol. The molecule has 2 bridgehead atoms. The van der Waals surface area contributed by atoms with E-state index in [1.807, 2.05) is 0 Å². The Kier molecular flexibility index (Phi) is 3.81. The van der Waals surface area contributed by atoms with Gasteiger partial charge in [-0.25, -0.2) is 0 Å². The molecule has 0 unspecified atom stereocenters. The molecule has 0 amide bonds. The molecule has 3 atom stereocenters. The van der Waals surface area contributed by atoms with E-state index < -0.39 is 0 Å². The normalized spacial score (nSPS) is 33.0. The summed E-state index contributed by atoms with van der Waals surface area (Å²) in [7, 11) is 0. The largest absolute Gasteiger partial charge is 0.396 e. The van der Waals surface area contributed by atoms with Crippen LogP contribution in [0, 0.1) is 11.8 Å². The lowest BCUT2D eigenvalue weighted by atomic mass is 9.96. The van der Waals surface area contributed by atoms with E-state index in [0.717, 1.165) is 29.9 Å². The van der Waals surface area contributed by atoms with Gasteiger partial charge in [0.2, 0.25) is 0 Å². The number of rotatable bonds is 4. The molecule has 0 aliphatic heterocycles. The zero-order valence-electron chi connectivity index (χ0n) is 9.04. The zero-order valence-corrected chi connectivity index (χ0v) is 9.85. The second kappa shape index (κ2) is 5.12. The maximum Gasteiger partial charge on any atom is 0.166 e. The molecule has 0 aromatic carbocycles. The molecular formula is C11H20N2OS. The molecule has 2 rings (SSSR count). The van der Waals surface area contributed by atoms with Crippen LogP contribution in [0.2, 0.25) is 0 Å². The molecule has 0 saturated heterocycles. The molecule has 4 heteroatoms. The summed E-state index contributed by atoms with van der Waals surface area (Å²) in [4.78, 5) is 0. The van der Waals surface area contributed by atoms with E-state index in [0.29, 0.717) is 6.04 Å². The minimum atomic E-state index is 0.226. The minimum Gasteiger partial charge on any atom is -0.396 e. The van der Waals surface area contributed by atoms with Gasteiger partial charge in [0.15, 0.2) is 5.11 Å². The summed E-state index contributed by atoms with van der Waals surface area (Å²) >= 11 is 5.22. The Balaban J connectivity index is 1.66. The summed E-state index contributed by atoms with van der Waals surface area (Å²) in [5, 5.41) is 15.9. The SMILES string of the molecule is OCCCNC(=S)N[C@H]1C[C@@H]2CC[C@H]1C2. The topological polar surface area (TPSA) is 44.3 Å². The highest BCUT2D eigenvalue weighted by Gasteiger charge is 2.39. The van der Waals surface area contributed by atoms with Crippen LogP contribution in [0.3, 0.4) is 0 Å². The van der Waals surface area contributed by atoms with E-state index in [1.54, 1.807) is 0 Å². The van der Waals surface area contributed by atoms with E-state index in [1.165, 1.54) is 25.7 Å². The van der Waals surface area contributed by atoms with E-state index in [9.17, 15) is 0 Å². The van der Waals surface area contributed by atoms with Crippen LogP contribution in [0.25, 0.3) is 0 Å². The number of aliphatic hydroxyl groups is 1. The van der Waals surface area contributed by atoms with Gasteiger partial charge in [-0.15, -0.1) is 0 Å². The lowest BCUT2D eigenvalue weighted by Gasteiger charge is -2.24. The summed E-state index contributed by atoms with van der Waals surface area (Å²) in [6, 6.07) is 0.609. The standard InChI is InChI=1S/C11H20N2OS/c14-5-1-4-12-11(15)13-10-7-8-2-3-9(10)6-8/h8-10,14H,1-7H2,(H2,12,13,15)/t8-,9+,10+/m1/s1. The fourth-order valence-corrected chi connectivity index (χ4v) is 3.18. The van der Waals surface area contributed by atoms with Gasteiger partial charge in [0.05, 0.1) is 0 Å². The molecule has 2 saturated carbocycles. The van der Waals surface area contributed by atoms with Crippen LogP contribution in [-0.4, -0.2) is 29.4 Å². The summed E-state index contributed by atoms with van der Waals surface area (Å²) in [5.74, 6) is 1.81. The molecule has 3 nitrogen and oxygen atoms in total. The van der Waals surface area contributed by atoms with Crippen LogP contribution >= 0.6 is 12.2 Å². The van der Waals surface area contributed by atoms with Crippen molar-refractivity contribution in [1.82, 2.24) is 10.6 Å². The molecule has 2 fully saturated rings. The van der Waals surface area contributed by atoms with Crippen molar-refractivity contribution in [3.05, 3.63) is 0 Å². The van der Waals surface area contributed by atoms with Crippen LogP contribution in [0.1, 0.15) is 32.1 Å². The van der Waals surface area contributed by atoms with Crippen molar-refractivity contribution in [1.29, 1.82) is 0 Å². The smallest absolute Gasteiger partial charge is 0.166 e. The third-order valence-electron chi connectivity index (χ3n) is 3.68. The second-order valence-electron chi connectivity index (χ2n) is 4.76. The average Bonchev–Trinajstić information content (AvgIpc) is 2.79. The van der Waals surface area contributed by atoms with Crippen molar-refractivity contribution in [3.63, 3.8) is 0 Å². The predicted octanol–water partition coefficient (Wildman–Crippen LogP) is 1.02. The second-order valence-corrected chi connectivity index (χ2v) is 5.17. The Hall–Kier alpha value is -0.350. The Bertz CT molecular complexity index is 235. The van der Waals surface area contributed by atoms with Crippen molar-refractivity contribution in [3.8, 4) is 0 Å². The number of fused-ring (bicyclic) bond motifs is 2. The quantitative estimate of drug-likeness (QED) is 0.496. The fraction of sp³-hybridized carbons (Fsp3) is 0.909. The van der Waals surface area contributed by atoms with Crippen molar-refractivity contribution < 1.29 is 5.11 Å². The molecule has 3 N–H and O–H groups in total. The first-order valence-electron chi connectivity index (χ1n) is 5.95. The maximum absolute atomic E-state index is 8.65. The van der Waals surface area contributed by atoms with Crippen LogP contribution in [0.15, 0.2) is 0 Å². The van der Waals surface area contributed by atoms with E-state index in [-0.39, 0.29) is 6.61 Å². The highest BCUT2D eigenvalue weighted by atomic mass is 32.1. The average molecular weight is 228 g/mol. The molecule has 0 heterocycles. The van der Waals surface area contributed by atoms with Crippen molar-refractivity contribution in [2.24, 2.45) is 11.8 Å². The highest BCUT2D eigenvalue weighted by Crippen LogP contribution is 2.44. The molecular weight excluding hydrogens is 208 g/mol. The van der Waals surface area contributed by atoms with Gasteiger partial charge in [-0.05, 0) is 49.7 Å². The highest BCUT2D eigenvalue weighted by molar-refractivity contribution is 7.80. The van der Waals surface area contributed by atoms with Gasteiger partial charge in [0.1, 0.15) is 0 Å². The Morgan fingerprint density at radius 2 is 2.20 bits per heavy atom. The summed E-state index contributed by atoms with van der Waals surface area (Å²) in [6.07, 6.45) is 6.26. The molecule has 0 radical (unpaired) electrons. The van der Waals surface area contributed by atoms with E-state index in [2.05, 4.69) is 10.6 Å². The van der Waals surface area contributed by atoms with Crippen LogP contribution in [0.4, 0.5) is 0 Å². The summed E-state index contributed by atoms with van der Waals surface area (Å²) < 4.78 is 0. The third kappa shape index (κ3) is 2.82. The van der Waals surface area contributed by atoms with Gasteiger partial charge in [0.25, 0.3) is 0 Å². The molecule has 0 aromatic heterocycles. The van der Waals surface area contributed by atoms with Crippen LogP contribution in [0.5, 0.6) is 0 Å². The molecule has 0 aromatic rings. The molecule has 2 aliphatic carbocycles. The van der Waals surface area contributed by atoms with Gasteiger partial charge in [-0.2, -0.15) is 0 Å². The lowest BCUT2D eigenvalue weighted by Crippen LogP contribution is -2.44. The maximum atomic E-state index is 8.65. The zero-order chi connectivity index (χ0) is 10.7. The lowest BCUT2D eigenvalue weighted by molar-refractivity contribution is 0.289. The van der Waals surface area contributed by atoms with Crippen molar-refractivity contribution in [2.45, 2.75) is 38.1 Å². The Morgan fingerprint density at radius 1 is 1.33 bits per heavy atom. The first-order valence-corrected chi connectivity index (χ1v) is 6.35. The first-order chi connectivity index (χ1) is 7.29. The van der Waals surface area contributed by atoms with Gasteiger partial charge in [-0.3, -0.25) is 0 Å². The number of thiocarbonyl (C=S) groups is 1. The minimum absolute atomic E-state index is 0.226.